The number of hydrogen-bond donors (Lipinski definition) is 1. The number of amides is 1. The molecule has 5 heteroatoms. The summed E-state index contributed by atoms with van der Waals surface area (Å²) in [5.74, 6) is 0.193. The Morgan fingerprint density at radius 3 is 2.89 bits per heavy atom. The number of hydrogen-bond acceptors (Lipinski definition) is 4. The van der Waals surface area contributed by atoms with Gasteiger partial charge in [0.15, 0.2) is 5.69 Å². The molecule has 0 saturated heterocycles. The van der Waals surface area contributed by atoms with Crippen LogP contribution in [0.2, 0.25) is 0 Å². The molecule has 0 atom stereocenters. The minimum atomic E-state index is -0.393. The molecule has 18 heavy (non-hydrogen) atoms. The van der Waals surface area contributed by atoms with Crippen molar-refractivity contribution in [3.63, 3.8) is 0 Å². The normalized spacial score (nSPS) is 10.8. The molecular formula is C13H13N3O2. The monoisotopic (exact) mass is 243 g/mol. The van der Waals surface area contributed by atoms with Crippen molar-refractivity contribution in [1.29, 1.82) is 0 Å². The molecule has 1 N–H and O–H groups in total. The molecule has 0 bridgehead atoms. The first-order chi connectivity index (χ1) is 8.65. The van der Waals surface area contributed by atoms with E-state index in [1.165, 1.54) is 0 Å². The largest absolute Gasteiger partial charge is 0.361 e. The standard InChI is InChI=1S/C13H13N3O2/c1-9-4-3-5-11(6-9)8-14-15-13(17)12-7-10(2)18-16-12/h3-8H,1-2H3,(H,15,17)/b14-8-. The molecule has 0 radical (unpaired) electrons. The minimum absolute atomic E-state index is 0.217. The van der Waals surface area contributed by atoms with Crippen molar-refractivity contribution < 1.29 is 9.32 Å². The molecule has 0 unspecified atom stereocenters. The Bertz CT molecular complexity index is 587. The van der Waals surface area contributed by atoms with E-state index in [1.807, 2.05) is 31.2 Å². The summed E-state index contributed by atoms with van der Waals surface area (Å²) in [4.78, 5) is 11.6. The van der Waals surface area contributed by atoms with E-state index in [1.54, 1.807) is 19.2 Å². The van der Waals surface area contributed by atoms with Crippen LogP contribution in [-0.2, 0) is 0 Å². The van der Waals surface area contributed by atoms with E-state index >= 15 is 0 Å². The van der Waals surface area contributed by atoms with Crippen molar-refractivity contribution in [1.82, 2.24) is 10.6 Å². The number of hydrazone groups is 1. The van der Waals surface area contributed by atoms with Gasteiger partial charge >= 0.3 is 0 Å². The van der Waals surface area contributed by atoms with Gasteiger partial charge in [-0.25, -0.2) is 5.43 Å². The van der Waals surface area contributed by atoms with Gasteiger partial charge in [-0.05, 0) is 19.4 Å². The number of carbonyl (C=O) groups is 1. The second-order valence-electron chi connectivity index (χ2n) is 3.94. The summed E-state index contributed by atoms with van der Waals surface area (Å²) in [6, 6.07) is 9.35. The van der Waals surface area contributed by atoms with Crippen molar-refractivity contribution in [2.75, 3.05) is 0 Å². The third kappa shape index (κ3) is 3.04. The maximum absolute atomic E-state index is 11.6. The lowest BCUT2D eigenvalue weighted by Gasteiger charge is -1.96. The zero-order valence-corrected chi connectivity index (χ0v) is 10.2. The van der Waals surface area contributed by atoms with Gasteiger partial charge in [0.1, 0.15) is 5.76 Å². The highest BCUT2D eigenvalue weighted by Crippen LogP contribution is 2.02. The van der Waals surface area contributed by atoms with Gasteiger partial charge in [0.25, 0.3) is 5.91 Å². The third-order valence-corrected chi connectivity index (χ3v) is 2.28. The topological polar surface area (TPSA) is 67.5 Å². The fraction of sp³-hybridized carbons (Fsp3) is 0.154. The molecule has 0 saturated carbocycles. The third-order valence-electron chi connectivity index (χ3n) is 2.28. The van der Waals surface area contributed by atoms with Crippen LogP contribution in [0.4, 0.5) is 0 Å². The SMILES string of the molecule is Cc1cccc(/C=N\NC(=O)c2cc(C)on2)c1. The van der Waals surface area contributed by atoms with Gasteiger partial charge in [-0.3, -0.25) is 4.79 Å². The molecule has 5 nitrogen and oxygen atoms in total. The highest BCUT2D eigenvalue weighted by Gasteiger charge is 2.08. The summed E-state index contributed by atoms with van der Waals surface area (Å²) in [5, 5.41) is 7.46. The van der Waals surface area contributed by atoms with Crippen LogP contribution in [0.3, 0.4) is 0 Å². The van der Waals surface area contributed by atoms with E-state index in [0.29, 0.717) is 5.76 Å². The van der Waals surface area contributed by atoms with Crippen LogP contribution in [0.5, 0.6) is 0 Å². The van der Waals surface area contributed by atoms with Crippen LogP contribution in [0.25, 0.3) is 0 Å². The van der Waals surface area contributed by atoms with Gasteiger partial charge in [-0.1, -0.05) is 35.0 Å². The molecule has 1 amide bonds. The quantitative estimate of drug-likeness (QED) is 0.662. The Labute approximate surface area is 104 Å². The predicted molar refractivity (Wildman–Crippen MR) is 67.5 cm³/mol. The van der Waals surface area contributed by atoms with Crippen LogP contribution < -0.4 is 5.43 Å². The molecule has 0 fully saturated rings. The minimum Gasteiger partial charge on any atom is -0.361 e. The van der Waals surface area contributed by atoms with Crippen molar-refractivity contribution in [2.45, 2.75) is 13.8 Å². The van der Waals surface area contributed by atoms with E-state index in [4.69, 9.17) is 4.52 Å². The van der Waals surface area contributed by atoms with Crippen LogP contribution >= 0.6 is 0 Å². The molecule has 0 aliphatic heterocycles. The van der Waals surface area contributed by atoms with E-state index in [2.05, 4.69) is 15.7 Å². The number of aromatic nitrogens is 1. The molecule has 0 spiro atoms. The number of nitrogens with zero attached hydrogens (tertiary/aromatic N) is 2. The molecule has 0 aliphatic rings. The van der Waals surface area contributed by atoms with Gasteiger partial charge in [-0.15, -0.1) is 0 Å². The number of rotatable bonds is 3. The summed E-state index contributed by atoms with van der Waals surface area (Å²) in [5.41, 5.74) is 4.66. The van der Waals surface area contributed by atoms with Crippen LogP contribution in [0.15, 0.2) is 40.0 Å². The Morgan fingerprint density at radius 2 is 2.22 bits per heavy atom. The van der Waals surface area contributed by atoms with Crippen LogP contribution in [0, 0.1) is 13.8 Å². The summed E-state index contributed by atoms with van der Waals surface area (Å²) < 4.78 is 4.80. The average Bonchev–Trinajstić information content (AvgIpc) is 2.76. The molecule has 0 aliphatic carbocycles. The Kier molecular flexibility index (Phi) is 3.52. The Balaban J connectivity index is 1.97. The molecule has 1 heterocycles. The average molecular weight is 243 g/mol. The predicted octanol–water partition coefficient (Wildman–Crippen LogP) is 2.06. The lowest BCUT2D eigenvalue weighted by atomic mass is 10.2. The van der Waals surface area contributed by atoms with Gasteiger partial charge < -0.3 is 4.52 Å². The summed E-state index contributed by atoms with van der Waals surface area (Å²) in [6.07, 6.45) is 1.58. The zero-order valence-electron chi connectivity index (χ0n) is 10.2. The molecule has 92 valence electrons. The van der Waals surface area contributed by atoms with Crippen molar-refractivity contribution in [3.8, 4) is 0 Å². The lowest BCUT2D eigenvalue weighted by Crippen LogP contribution is -2.17. The maximum atomic E-state index is 11.6. The first-order valence-electron chi connectivity index (χ1n) is 5.48. The fourth-order valence-electron chi connectivity index (χ4n) is 1.45. The smallest absolute Gasteiger partial charge is 0.293 e. The number of nitrogens with one attached hydrogen (secondary N) is 1. The van der Waals surface area contributed by atoms with Gasteiger partial charge in [-0.2, -0.15) is 5.10 Å². The number of carbonyl (C=O) groups excluding carboxylic acids is 1. The summed E-state index contributed by atoms with van der Waals surface area (Å²) in [6.45, 7) is 3.72. The first-order valence-corrected chi connectivity index (χ1v) is 5.48. The summed E-state index contributed by atoms with van der Waals surface area (Å²) >= 11 is 0. The molecule has 1 aromatic carbocycles. The van der Waals surface area contributed by atoms with Crippen LogP contribution in [-0.4, -0.2) is 17.3 Å². The lowest BCUT2D eigenvalue weighted by molar-refractivity contribution is 0.0946. The summed E-state index contributed by atoms with van der Waals surface area (Å²) in [7, 11) is 0. The molecule has 2 aromatic rings. The highest BCUT2D eigenvalue weighted by molar-refractivity contribution is 5.93. The number of aryl methyl sites for hydroxylation is 2. The molecular weight excluding hydrogens is 230 g/mol. The van der Waals surface area contributed by atoms with E-state index in [0.717, 1.165) is 11.1 Å². The highest BCUT2D eigenvalue weighted by atomic mass is 16.5. The molecule has 1 aromatic heterocycles. The van der Waals surface area contributed by atoms with Gasteiger partial charge in [0.05, 0.1) is 6.21 Å². The van der Waals surface area contributed by atoms with Crippen molar-refractivity contribution in [2.24, 2.45) is 5.10 Å². The van der Waals surface area contributed by atoms with Crippen LogP contribution in [0.1, 0.15) is 27.4 Å². The van der Waals surface area contributed by atoms with Crippen molar-refractivity contribution >= 4 is 12.1 Å². The molecule has 2 rings (SSSR count). The number of benzene rings is 1. The van der Waals surface area contributed by atoms with E-state index in [-0.39, 0.29) is 5.69 Å². The second-order valence-corrected chi connectivity index (χ2v) is 3.94. The Morgan fingerprint density at radius 1 is 1.39 bits per heavy atom. The first kappa shape index (κ1) is 12.0. The second kappa shape index (κ2) is 5.27. The van der Waals surface area contributed by atoms with Gasteiger partial charge in [0, 0.05) is 6.07 Å². The zero-order chi connectivity index (χ0) is 13.0. The fourth-order valence-corrected chi connectivity index (χ4v) is 1.45. The van der Waals surface area contributed by atoms with E-state index in [9.17, 15) is 4.79 Å². The van der Waals surface area contributed by atoms with E-state index < -0.39 is 5.91 Å². The van der Waals surface area contributed by atoms with Gasteiger partial charge in [0.2, 0.25) is 0 Å². The Hall–Kier alpha value is -2.43. The van der Waals surface area contributed by atoms with Crippen molar-refractivity contribution in [3.05, 3.63) is 52.9 Å². The maximum Gasteiger partial charge on any atom is 0.293 e.